The van der Waals surface area contributed by atoms with E-state index in [0.29, 0.717) is 6.61 Å². The van der Waals surface area contributed by atoms with Gasteiger partial charge in [0, 0.05) is 11.3 Å². The summed E-state index contributed by atoms with van der Waals surface area (Å²) in [5.74, 6) is 1.55. The summed E-state index contributed by atoms with van der Waals surface area (Å²) in [7, 11) is 1.67. The highest BCUT2D eigenvalue weighted by molar-refractivity contribution is 7.73. The number of aromatic amines is 1. The third kappa shape index (κ3) is 2.98. The minimum atomic E-state index is 0.682. The number of para-hydroxylation sites is 1. The van der Waals surface area contributed by atoms with Crippen molar-refractivity contribution in [2.75, 3.05) is 13.7 Å². The van der Waals surface area contributed by atoms with Crippen LogP contribution in [0.3, 0.4) is 0 Å². The van der Waals surface area contributed by atoms with Crippen molar-refractivity contribution in [3.05, 3.63) is 27.8 Å². The summed E-state index contributed by atoms with van der Waals surface area (Å²) in [6.07, 6.45) is 0.968. The van der Waals surface area contributed by atoms with Gasteiger partial charge in [0.2, 0.25) is 0 Å². The van der Waals surface area contributed by atoms with Gasteiger partial charge in [0.15, 0.2) is 15.5 Å². The van der Waals surface area contributed by atoms with Crippen LogP contribution in [0.5, 0.6) is 11.5 Å². The Bertz CT molecular complexity index is 616. The molecule has 102 valence electrons. The minimum absolute atomic E-state index is 0.682. The largest absolute Gasteiger partial charge is 0.492 e. The van der Waals surface area contributed by atoms with Crippen molar-refractivity contribution in [2.45, 2.75) is 20.3 Å². The van der Waals surface area contributed by atoms with Crippen LogP contribution in [0.15, 0.2) is 18.2 Å². The summed E-state index contributed by atoms with van der Waals surface area (Å²) in [6, 6.07) is 5.93. The van der Waals surface area contributed by atoms with Crippen LogP contribution in [0, 0.1) is 10.9 Å². The molecule has 0 aliphatic heterocycles. The molecule has 1 heterocycles. The second-order valence-corrected chi connectivity index (χ2v) is 5.84. The van der Waals surface area contributed by atoms with E-state index in [1.807, 2.05) is 25.1 Å². The Morgan fingerprint density at radius 1 is 1.37 bits per heavy atom. The summed E-state index contributed by atoms with van der Waals surface area (Å²) in [6.45, 7) is 4.78. The van der Waals surface area contributed by atoms with Crippen LogP contribution in [-0.2, 0) is 0 Å². The number of methoxy groups -OCH3 is 1. The molecular formula is C14H17NO2S2. The quantitative estimate of drug-likeness (QED) is 0.820. The second-order valence-electron chi connectivity index (χ2n) is 4.15. The van der Waals surface area contributed by atoms with E-state index in [9.17, 15) is 0 Å². The van der Waals surface area contributed by atoms with Gasteiger partial charge in [-0.3, -0.25) is 0 Å². The molecule has 0 radical (unpaired) electrons. The molecule has 0 spiro atoms. The number of rotatable bonds is 5. The van der Waals surface area contributed by atoms with Crippen molar-refractivity contribution in [3.63, 3.8) is 0 Å². The molecule has 5 heteroatoms. The fourth-order valence-corrected chi connectivity index (χ4v) is 3.16. The maximum absolute atomic E-state index is 5.73. The molecule has 19 heavy (non-hydrogen) atoms. The molecule has 0 unspecified atom stereocenters. The Morgan fingerprint density at radius 3 is 2.74 bits per heavy atom. The predicted octanol–water partition coefficient (Wildman–Crippen LogP) is 4.58. The van der Waals surface area contributed by atoms with Gasteiger partial charge < -0.3 is 14.5 Å². The van der Waals surface area contributed by atoms with E-state index in [1.54, 1.807) is 18.4 Å². The molecule has 0 bridgehead atoms. The summed E-state index contributed by atoms with van der Waals surface area (Å²) >= 11 is 6.75. The number of hydrogen-bond acceptors (Lipinski definition) is 4. The van der Waals surface area contributed by atoms with Crippen LogP contribution in [0.2, 0.25) is 0 Å². The zero-order valence-corrected chi connectivity index (χ0v) is 12.9. The van der Waals surface area contributed by atoms with Crippen LogP contribution in [0.25, 0.3) is 10.4 Å². The maximum atomic E-state index is 5.73. The number of aryl methyl sites for hydroxylation is 1. The first-order valence-electron chi connectivity index (χ1n) is 6.17. The van der Waals surface area contributed by atoms with Gasteiger partial charge in [0.25, 0.3) is 0 Å². The molecule has 0 fully saturated rings. The van der Waals surface area contributed by atoms with Gasteiger partial charge in [-0.25, -0.2) is 0 Å². The molecule has 0 amide bonds. The molecule has 0 aliphatic carbocycles. The molecule has 0 aliphatic rings. The number of thiazole rings is 1. The van der Waals surface area contributed by atoms with Crippen LogP contribution >= 0.6 is 23.6 Å². The van der Waals surface area contributed by atoms with E-state index < -0.39 is 0 Å². The predicted molar refractivity (Wildman–Crippen MR) is 82.0 cm³/mol. The highest BCUT2D eigenvalue weighted by Crippen LogP contribution is 2.41. The average Bonchev–Trinajstić information content (AvgIpc) is 2.74. The van der Waals surface area contributed by atoms with Crippen molar-refractivity contribution < 1.29 is 9.47 Å². The zero-order chi connectivity index (χ0) is 13.8. The van der Waals surface area contributed by atoms with Crippen LogP contribution in [0.1, 0.15) is 19.0 Å². The Labute approximate surface area is 122 Å². The van der Waals surface area contributed by atoms with Crippen molar-refractivity contribution in [1.29, 1.82) is 0 Å². The van der Waals surface area contributed by atoms with Crippen molar-refractivity contribution in [3.8, 4) is 21.9 Å². The van der Waals surface area contributed by atoms with Gasteiger partial charge in [0.1, 0.15) is 0 Å². The summed E-state index contributed by atoms with van der Waals surface area (Å²) < 4.78 is 12.0. The summed E-state index contributed by atoms with van der Waals surface area (Å²) in [5, 5.41) is 0. The van der Waals surface area contributed by atoms with Gasteiger partial charge in [-0.1, -0.05) is 13.0 Å². The Balaban J connectivity index is 2.51. The summed E-state index contributed by atoms with van der Waals surface area (Å²) in [5.41, 5.74) is 2.08. The number of ether oxygens (including phenoxy) is 2. The van der Waals surface area contributed by atoms with E-state index >= 15 is 0 Å². The highest BCUT2D eigenvalue weighted by atomic mass is 32.1. The monoisotopic (exact) mass is 295 g/mol. The molecule has 2 rings (SSSR count). The molecule has 2 aromatic rings. The van der Waals surface area contributed by atoms with Crippen molar-refractivity contribution >= 4 is 23.6 Å². The van der Waals surface area contributed by atoms with E-state index in [0.717, 1.165) is 38.0 Å². The number of hydrogen-bond donors (Lipinski definition) is 1. The SMILES string of the molecule is CCCOc1cccc(-c2sc(=S)[nH]c2C)c1OC. The molecule has 3 nitrogen and oxygen atoms in total. The topological polar surface area (TPSA) is 34.2 Å². The van der Waals surface area contributed by atoms with Gasteiger partial charge >= 0.3 is 0 Å². The first-order valence-corrected chi connectivity index (χ1v) is 7.39. The van der Waals surface area contributed by atoms with Crippen molar-refractivity contribution in [1.82, 2.24) is 4.98 Å². The molecule has 0 saturated carbocycles. The number of aromatic nitrogens is 1. The lowest BCUT2D eigenvalue weighted by molar-refractivity contribution is 0.295. The molecule has 0 saturated heterocycles. The smallest absolute Gasteiger partial charge is 0.169 e. The van der Waals surface area contributed by atoms with Gasteiger partial charge in [-0.2, -0.15) is 0 Å². The van der Waals surface area contributed by atoms with E-state index in [-0.39, 0.29) is 0 Å². The number of H-pyrrole nitrogens is 1. The lowest BCUT2D eigenvalue weighted by Gasteiger charge is -2.13. The van der Waals surface area contributed by atoms with E-state index in [2.05, 4.69) is 11.9 Å². The first kappa shape index (κ1) is 14.1. The Morgan fingerprint density at radius 2 is 2.16 bits per heavy atom. The summed E-state index contributed by atoms with van der Waals surface area (Å²) in [4.78, 5) is 4.26. The molecular weight excluding hydrogens is 278 g/mol. The average molecular weight is 295 g/mol. The Kier molecular flexibility index (Phi) is 4.61. The molecule has 1 aromatic heterocycles. The second kappa shape index (κ2) is 6.21. The van der Waals surface area contributed by atoms with Crippen molar-refractivity contribution in [2.24, 2.45) is 0 Å². The maximum Gasteiger partial charge on any atom is 0.169 e. The minimum Gasteiger partial charge on any atom is -0.492 e. The number of nitrogens with one attached hydrogen (secondary N) is 1. The first-order chi connectivity index (χ1) is 9.17. The fraction of sp³-hybridized carbons (Fsp3) is 0.357. The normalized spacial score (nSPS) is 10.5. The molecule has 1 aromatic carbocycles. The lowest BCUT2D eigenvalue weighted by atomic mass is 10.1. The van der Waals surface area contributed by atoms with Crippen LogP contribution in [-0.4, -0.2) is 18.7 Å². The van der Waals surface area contributed by atoms with E-state index in [4.69, 9.17) is 21.7 Å². The number of benzene rings is 1. The fourth-order valence-electron chi connectivity index (χ4n) is 1.89. The standard InChI is InChI=1S/C14H17NO2S2/c1-4-8-17-11-7-5-6-10(12(11)16-3)13-9(2)15-14(18)19-13/h5-7H,4,8H2,1-3H3,(H,15,18). The third-order valence-electron chi connectivity index (χ3n) is 2.71. The Hall–Kier alpha value is -1.33. The third-order valence-corrected chi connectivity index (χ3v) is 4.08. The zero-order valence-electron chi connectivity index (χ0n) is 11.3. The van der Waals surface area contributed by atoms with Gasteiger partial charge in [0.05, 0.1) is 18.6 Å². The molecule has 0 atom stereocenters. The lowest BCUT2D eigenvalue weighted by Crippen LogP contribution is -1.98. The highest BCUT2D eigenvalue weighted by Gasteiger charge is 2.15. The van der Waals surface area contributed by atoms with E-state index in [1.165, 1.54) is 0 Å². The van der Waals surface area contributed by atoms with Gasteiger partial charge in [-0.05, 0) is 37.7 Å². The molecule has 1 N–H and O–H groups in total. The van der Waals surface area contributed by atoms with Gasteiger partial charge in [-0.15, -0.1) is 11.3 Å². The van der Waals surface area contributed by atoms with Crippen LogP contribution in [0.4, 0.5) is 0 Å². The van der Waals surface area contributed by atoms with Crippen LogP contribution < -0.4 is 9.47 Å².